The maximum atomic E-state index is 12.4. The average molecular weight is 588 g/mol. The van der Waals surface area contributed by atoms with Crippen molar-refractivity contribution < 1.29 is 31.2 Å². The summed E-state index contributed by atoms with van der Waals surface area (Å²) in [6.45, 7) is 7.01. The number of methoxy groups -OCH3 is 1. The summed E-state index contributed by atoms with van der Waals surface area (Å²) in [5, 5.41) is -1.19. The van der Waals surface area contributed by atoms with Crippen LogP contribution in [-0.4, -0.2) is 52.3 Å². The van der Waals surface area contributed by atoms with Gasteiger partial charge in [0.05, 0.1) is 33.0 Å². The molecular weight excluding hydrogens is 554 g/mol. The van der Waals surface area contributed by atoms with Crippen LogP contribution in [0.5, 0.6) is 0 Å². The van der Waals surface area contributed by atoms with Crippen LogP contribution in [0.15, 0.2) is 51.2 Å². The molecule has 0 aromatic heterocycles. The number of hydrogen-bond donors (Lipinski definition) is 2. The van der Waals surface area contributed by atoms with Crippen molar-refractivity contribution in [1.29, 1.82) is 0 Å². The highest BCUT2D eigenvalue weighted by molar-refractivity contribution is 7.92. The van der Waals surface area contributed by atoms with E-state index < -0.39 is 42.1 Å². The second-order valence-electron chi connectivity index (χ2n) is 9.35. The normalized spacial score (nSPS) is 19.3. The average Bonchev–Trinajstić information content (AvgIpc) is 2.91. The van der Waals surface area contributed by atoms with Gasteiger partial charge >= 0.3 is 5.97 Å². The monoisotopic (exact) mass is 587 g/mol. The Balaban J connectivity index is 0.000000222. The number of amides is 1. The zero-order chi connectivity index (χ0) is 30.0. The molecule has 10 nitrogen and oxygen atoms in total. The summed E-state index contributed by atoms with van der Waals surface area (Å²) in [6, 6.07) is 6.26. The first kappa shape index (κ1) is 30.8. The Morgan fingerprint density at radius 3 is 1.62 bits per heavy atom. The highest BCUT2D eigenvalue weighted by Crippen LogP contribution is 2.32. The number of ether oxygens (including phenoxy) is 1. The number of nitrogens with zero attached hydrogens (tertiary/aromatic N) is 1. The Bertz CT molecular complexity index is 1670. The van der Waals surface area contributed by atoms with E-state index >= 15 is 0 Å². The van der Waals surface area contributed by atoms with Crippen molar-refractivity contribution in [1.82, 2.24) is 0 Å². The first-order valence-electron chi connectivity index (χ1n) is 12.6. The predicted octanol–water partition coefficient (Wildman–Crippen LogP) is 3.08. The largest absolute Gasteiger partial charge is 0.465 e. The Labute approximate surface area is 234 Å². The van der Waals surface area contributed by atoms with E-state index in [1.165, 1.54) is 19.2 Å². The van der Waals surface area contributed by atoms with Gasteiger partial charge < -0.3 is 16.2 Å². The fourth-order valence-electron chi connectivity index (χ4n) is 4.39. The molecule has 0 saturated carbocycles. The van der Waals surface area contributed by atoms with E-state index in [1.807, 2.05) is 13.8 Å². The summed E-state index contributed by atoms with van der Waals surface area (Å²) < 4.78 is 53.9. The van der Waals surface area contributed by atoms with Gasteiger partial charge in [-0.25, -0.2) is 21.6 Å². The van der Waals surface area contributed by atoms with Gasteiger partial charge in [-0.15, -0.1) is 0 Å². The molecule has 0 spiro atoms. The fraction of sp³-hybridized carbons (Fsp3) is 0.321. The second kappa shape index (κ2) is 11.8. The number of fused-ring (bicyclic) bond motifs is 2. The number of aliphatic imine (C=N–C) groups is 1. The number of hydrogen-bond acceptors (Lipinski definition) is 7. The number of aryl methyl sites for hydroxylation is 2. The lowest BCUT2D eigenvalue weighted by atomic mass is 10.0. The summed E-state index contributed by atoms with van der Waals surface area (Å²) in [6.07, 6.45) is 8.05. The third kappa shape index (κ3) is 5.87. The number of guanidine groups is 1. The third-order valence-electron chi connectivity index (χ3n) is 6.78. The van der Waals surface area contributed by atoms with Crippen LogP contribution in [0.3, 0.4) is 0 Å². The molecule has 0 aliphatic carbocycles. The van der Waals surface area contributed by atoms with Gasteiger partial charge in [0, 0.05) is 5.56 Å². The van der Waals surface area contributed by atoms with Crippen LogP contribution in [0.4, 0.5) is 0 Å². The quantitative estimate of drug-likeness (QED) is 0.309. The van der Waals surface area contributed by atoms with E-state index in [1.54, 1.807) is 50.3 Å². The summed E-state index contributed by atoms with van der Waals surface area (Å²) in [7, 11) is -5.59. The van der Waals surface area contributed by atoms with Crippen molar-refractivity contribution in [3.63, 3.8) is 0 Å². The van der Waals surface area contributed by atoms with Gasteiger partial charge in [-0.2, -0.15) is 4.99 Å². The first-order chi connectivity index (χ1) is 18.7. The summed E-state index contributed by atoms with van der Waals surface area (Å²) >= 11 is 0. The molecule has 2 unspecified atom stereocenters. The molecule has 0 saturated heterocycles. The van der Waals surface area contributed by atoms with Gasteiger partial charge in [0.1, 0.15) is 0 Å². The zero-order valence-electron chi connectivity index (χ0n) is 23.0. The zero-order valence-corrected chi connectivity index (χ0v) is 24.6. The van der Waals surface area contributed by atoms with Crippen LogP contribution in [0.1, 0.15) is 70.7 Å². The van der Waals surface area contributed by atoms with Crippen LogP contribution >= 0.6 is 0 Å². The molecule has 2 heterocycles. The minimum atomic E-state index is -3.48. The number of sulfone groups is 2. The predicted molar refractivity (Wildman–Crippen MR) is 154 cm³/mol. The molecule has 12 heteroatoms. The number of carbonyl (C=O) groups excluding carboxylic acids is 2. The Kier molecular flexibility index (Phi) is 9.05. The van der Waals surface area contributed by atoms with Crippen LogP contribution in [0.25, 0.3) is 12.2 Å². The minimum absolute atomic E-state index is 0.142. The smallest absolute Gasteiger partial charge is 0.338 e. The van der Waals surface area contributed by atoms with Crippen molar-refractivity contribution in [2.75, 3.05) is 7.11 Å². The van der Waals surface area contributed by atoms with Crippen molar-refractivity contribution >= 4 is 49.7 Å². The van der Waals surface area contributed by atoms with Crippen molar-refractivity contribution in [2.24, 2.45) is 16.5 Å². The Hall–Kier alpha value is -3.77. The summed E-state index contributed by atoms with van der Waals surface area (Å²) in [5.74, 6) is -1.49. The molecule has 214 valence electrons. The molecule has 2 atom stereocenters. The van der Waals surface area contributed by atoms with Crippen LogP contribution in [0.2, 0.25) is 0 Å². The van der Waals surface area contributed by atoms with Crippen LogP contribution < -0.4 is 11.5 Å². The Morgan fingerprint density at radius 1 is 0.800 bits per heavy atom. The lowest BCUT2D eigenvalue weighted by molar-refractivity contribution is 0.0599. The molecule has 2 aliphatic rings. The van der Waals surface area contributed by atoms with E-state index in [9.17, 15) is 26.4 Å². The third-order valence-corrected chi connectivity index (χ3v) is 11.0. The number of nitrogens with two attached hydrogens (primary N) is 2. The molecule has 0 radical (unpaired) electrons. The molecule has 1 amide bonds. The van der Waals surface area contributed by atoms with Gasteiger partial charge in [0.25, 0.3) is 5.91 Å². The highest BCUT2D eigenvalue weighted by Gasteiger charge is 2.30. The number of rotatable bonds is 4. The van der Waals surface area contributed by atoms with Crippen molar-refractivity contribution in [2.45, 2.75) is 60.8 Å². The van der Waals surface area contributed by atoms with Crippen LogP contribution in [0, 0.1) is 0 Å². The van der Waals surface area contributed by atoms with Crippen molar-refractivity contribution in [3.05, 3.63) is 69.8 Å². The van der Waals surface area contributed by atoms with Crippen molar-refractivity contribution in [3.8, 4) is 0 Å². The standard InChI is InChI=1S/C14H17N3O3S.C14H16O4S/c1-3-9-6-10-5-4-8(2)21(19,20)12(10)7-11(9)13(18)17-14(15)16;1-4-10-7-11-6-5-9(2)19(16,17)13(11)8-12(10)14(15)18-3/h4-8H,3H2,1-2H3,(H4,15,16,17,18);5-9H,4H2,1-3H3. The van der Waals surface area contributed by atoms with E-state index in [4.69, 9.17) is 16.2 Å². The van der Waals surface area contributed by atoms with E-state index in [-0.39, 0.29) is 21.3 Å². The number of benzene rings is 2. The summed E-state index contributed by atoms with van der Waals surface area (Å²) in [5.41, 5.74) is 13.7. The molecule has 2 aliphatic heterocycles. The fourth-order valence-corrected chi connectivity index (χ4v) is 7.24. The minimum Gasteiger partial charge on any atom is -0.465 e. The lowest BCUT2D eigenvalue weighted by Gasteiger charge is -2.19. The van der Waals surface area contributed by atoms with Gasteiger partial charge in [0.15, 0.2) is 25.6 Å². The van der Waals surface area contributed by atoms with Gasteiger partial charge in [-0.05, 0) is 73.2 Å². The second-order valence-corrected chi connectivity index (χ2v) is 13.9. The maximum Gasteiger partial charge on any atom is 0.338 e. The molecule has 2 aromatic carbocycles. The Morgan fingerprint density at radius 2 is 1.23 bits per heavy atom. The molecule has 4 rings (SSSR count). The number of carbonyl (C=O) groups is 2. The molecular formula is C28H33N3O7S2. The topological polar surface area (TPSA) is 176 Å². The van der Waals surface area contributed by atoms with E-state index in [0.29, 0.717) is 35.1 Å². The molecule has 0 bridgehead atoms. The summed E-state index contributed by atoms with van der Waals surface area (Å²) in [4.78, 5) is 27.6. The maximum absolute atomic E-state index is 12.4. The lowest BCUT2D eigenvalue weighted by Crippen LogP contribution is -2.25. The molecule has 4 N–H and O–H groups in total. The van der Waals surface area contributed by atoms with Gasteiger partial charge in [-0.3, -0.25) is 4.79 Å². The van der Waals surface area contributed by atoms with Crippen LogP contribution in [-0.2, 0) is 37.3 Å². The SMILES string of the molecule is CCc1cc2c(cc1C(=O)N=C(N)N)S(=O)(=O)C(C)C=C2.CCc1cc2c(cc1C(=O)OC)S(=O)(=O)C(C)C=C2. The van der Waals surface area contributed by atoms with E-state index in [2.05, 4.69) is 4.99 Å². The first-order valence-corrected chi connectivity index (χ1v) is 15.7. The van der Waals surface area contributed by atoms with Gasteiger partial charge in [-0.1, -0.05) is 38.2 Å². The van der Waals surface area contributed by atoms with Gasteiger partial charge in [0.2, 0.25) is 0 Å². The molecule has 2 aromatic rings. The van der Waals surface area contributed by atoms with E-state index in [0.717, 1.165) is 5.56 Å². The molecule has 40 heavy (non-hydrogen) atoms. The highest BCUT2D eigenvalue weighted by atomic mass is 32.2. The number of esters is 1. The molecule has 0 fully saturated rings.